The topological polar surface area (TPSA) is 102 Å². The van der Waals surface area contributed by atoms with Crippen LogP contribution in [0.3, 0.4) is 0 Å². The molecule has 13 heteroatoms. The molecule has 0 saturated heterocycles. The van der Waals surface area contributed by atoms with E-state index in [1.54, 1.807) is 13.0 Å². The molecule has 1 heterocycles. The molecule has 3 N–H and O–H groups in total. The molecule has 2 atom stereocenters. The minimum Gasteiger partial charge on any atom is -0.491 e. The Morgan fingerprint density at radius 3 is 2.22 bits per heavy atom. The summed E-state index contributed by atoms with van der Waals surface area (Å²) in [4.78, 5) is 28.5. The van der Waals surface area contributed by atoms with Gasteiger partial charge in [-0.25, -0.2) is 26.7 Å². The molecule has 3 aromatic rings. The van der Waals surface area contributed by atoms with Crippen molar-refractivity contribution in [1.29, 1.82) is 0 Å². The number of hydrogen-bond donors (Lipinski definition) is 3. The van der Waals surface area contributed by atoms with Crippen molar-refractivity contribution in [2.45, 2.75) is 32.2 Å². The average Bonchev–Trinajstić information content (AvgIpc) is 2.92. The number of amides is 3. The fraction of sp³-hybridized carbons (Fsp3) is 0.286. The molecule has 4 rings (SSSR count). The molecule has 0 aromatic heterocycles. The van der Waals surface area contributed by atoms with Crippen LogP contribution in [0.4, 0.5) is 32.4 Å². The van der Waals surface area contributed by atoms with Gasteiger partial charge in [0.2, 0.25) is 0 Å². The first-order valence-electron chi connectivity index (χ1n) is 12.4. The number of anilines is 1. The fourth-order valence-corrected chi connectivity index (χ4v) is 4.32. The fourth-order valence-electron chi connectivity index (χ4n) is 4.32. The van der Waals surface area contributed by atoms with Gasteiger partial charge in [-0.1, -0.05) is 6.07 Å². The van der Waals surface area contributed by atoms with Gasteiger partial charge in [-0.2, -0.15) is 0 Å². The second-order valence-electron chi connectivity index (χ2n) is 9.47. The first kappa shape index (κ1) is 29.7. The van der Waals surface area contributed by atoms with Gasteiger partial charge in [-0.3, -0.25) is 9.69 Å². The number of carbonyl (C=O) groups is 2. The van der Waals surface area contributed by atoms with E-state index in [2.05, 4.69) is 5.32 Å². The highest BCUT2D eigenvalue weighted by molar-refractivity contribution is 5.99. The molecule has 0 spiro atoms. The first-order chi connectivity index (χ1) is 19.4. The number of benzene rings is 3. The van der Waals surface area contributed by atoms with Gasteiger partial charge in [-0.15, -0.1) is 0 Å². The van der Waals surface area contributed by atoms with Crippen LogP contribution >= 0.6 is 0 Å². The Bertz CT molecular complexity index is 1440. The van der Waals surface area contributed by atoms with Crippen molar-refractivity contribution in [3.05, 3.63) is 93.8 Å². The van der Waals surface area contributed by atoms with Gasteiger partial charge in [0.1, 0.15) is 47.5 Å². The molecule has 0 saturated carbocycles. The van der Waals surface area contributed by atoms with E-state index >= 15 is 0 Å². The molecule has 218 valence electrons. The Balaban J connectivity index is 1.61. The van der Waals surface area contributed by atoms with E-state index in [0.717, 1.165) is 17.0 Å². The van der Waals surface area contributed by atoms with Crippen LogP contribution in [-0.4, -0.2) is 53.4 Å². The van der Waals surface area contributed by atoms with Crippen LogP contribution in [0.5, 0.6) is 5.75 Å². The molecule has 41 heavy (non-hydrogen) atoms. The minimum absolute atomic E-state index is 0.00614. The van der Waals surface area contributed by atoms with Gasteiger partial charge < -0.3 is 25.2 Å². The quantitative estimate of drug-likeness (QED) is 0.331. The summed E-state index contributed by atoms with van der Waals surface area (Å²) in [6, 6.07) is 5.97. The van der Waals surface area contributed by atoms with E-state index in [9.17, 15) is 36.6 Å². The van der Waals surface area contributed by atoms with Crippen LogP contribution in [0.25, 0.3) is 0 Å². The smallest absolute Gasteiger partial charge is 0.325 e. The number of hydrogen-bond acceptors (Lipinski definition) is 5. The number of ether oxygens (including phenoxy) is 1. The van der Waals surface area contributed by atoms with Crippen LogP contribution < -0.4 is 15.0 Å². The lowest BCUT2D eigenvalue weighted by Crippen LogP contribution is -2.47. The number of rotatable bonds is 9. The summed E-state index contributed by atoms with van der Waals surface area (Å²) in [5, 5.41) is 20.6. The molecular formula is C28H26F5N3O5. The maximum absolute atomic E-state index is 15.0. The number of urea groups is 1. The molecule has 0 unspecified atom stereocenters. The maximum atomic E-state index is 15.0. The molecule has 3 amide bonds. The lowest BCUT2D eigenvalue weighted by atomic mass is 9.98. The van der Waals surface area contributed by atoms with Gasteiger partial charge in [-0.05, 0) is 24.6 Å². The summed E-state index contributed by atoms with van der Waals surface area (Å²) in [6.07, 6.45) is -1.25. The molecule has 3 aromatic carbocycles. The maximum Gasteiger partial charge on any atom is 0.325 e. The van der Waals surface area contributed by atoms with Crippen molar-refractivity contribution in [3.8, 4) is 5.75 Å². The standard InChI is InChI=1S/C28H26F5N3O5/c1-14-19-4-3-15(27(39)34-10-20-22(30)6-16(29)7-23(20)31)5-26(19)36(28(40)35(14)2)11-21-24(32)8-18(9-25(21)33)41-13-17(38)12-37/h3-9,14,17,37-38H,10-13H2,1-2H3,(H,34,39)/t14-,17+/m0/s1. The second kappa shape index (κ2) is 12.1. The summed E-state index contributed by atoms with van der Waals surface area (Å²) in [6.45, 7) is -0.429. The van der Waals surface area contributed by atoms with Crippen molar-refractivity contribution in [1.82, 2.24) is 10.2 Å². The number of aliphatic hydroxyl groups excluding tert-OH is 2. The molecule has 0 fully saturated rings. The van der Waals surface area contributed by atoms with Crippen molar-refractivity contribution < 1.29 is 46.5 Å². The number of fused-ring (bicyclic) bond motifs is 1. The van der Waals surface area contributed by atoms with Gasteiger partial charge >= 0.3 is 6.03 Å². The van der Waals surface area contributed by atoms with Crippen LogP contribution in [-0.2, 0) is 13.1 Å². The second-order valence-corrected chi connectivity index (χ2v) is 9.47. The Hall–Kier alpha value is -4.23. The van der Waals surface area contributed by atoms with Gasteiger partial charge in [0, 0.05) is 54.5 Å². The van der Waals surface area contributed by atoms with E-state index in [0.29, 0.717) is 17.7 Å². The van der Waals surface area contributed by atoms with Crippen molar-refractivity contribution in [2.75, 3.05) is 25.2 Å². The third kappa shape index (κ3) is 6.25. The first-order valence-corrected chi connectivity index (χ1v) is 12.4. The van der Waals surface area contributed by atoms with Crippen molar-refractivity contribution >= 4 is 17.6 Å². The van der Waals surface area contributed by atoms with Crippen molar-refractivity contribution in [3.63, 3.8) is 0 Å². The molecule has 0 aliphatic carbocycles. The number of halogens is 5. The number of nitrogens with zero attached hydrogens (tertiary/aromatic N) is 2. The summed E-state index contributed by atoms with van der Waals surface area (Å²) in [5.74, 6) is -6.53. The Morgan fingerprint density at radius 2 is 1.61 bits per heavy atom. The molecule has 1 aliphatic rings. The van der Waals surface area contributed by atoms with Gasteiger partial charge in [0.05, 0.1) is 24.9 Å². The highest BCUT2D eigenvalue weighted by Gasteiger charge is 2.35. The Morgan fingerprint density at radius 1 is 1.00 bits per heavy atom. The van der Waals surface area contributed by atoms with Gasteiger partial charge in [0.25, 0.3) is 5.91 Å². The molecule has 0 radical (unpaired) electrons. The third-order valence-electron chi connectivity index (χ3n) is 6.76. The summed E-state index contributed by atoms with van der Waals surface area (Å²) in [7, 11) is 1.51. The monoisotopic (exact) mass is 579 g/mol. The van der Waals surface area contributed by atoms with E-state index in [1.165, 1.54) is 24.1 Å². The lowest BCUT2D eigenvalue weighted by molar-refractivity contribution is 0.0534. The Kier molecular flexibility index (Phi) is 8.78. The molecular weight excluding hydrogens is 553 g/mol. The highest BCUT2D eigenvalue weighted by Crippen LogP contribution is 2.38. The average molecular weight is 580 g/mol. The molecule has 1 aliphatic heterocycles. The zero-order valence-electron chi connectivity index (χ0n) is 21.9. The van der Waals surface area contributed by atoms with E-state index < -0.39 is 90.6 Å². The summed E-state index contributed by atoms with van der Waals surface area (Å²) < 4.78 is 76.2. The largest absolute Gasteiger partial charge is 0.491 e. The van der Waals surface area contributed by atoms with E-state index in [4.69, 9.17) is 9.84 Å². The zero-order valence-corrected chi connectivity index (χ0v) is 21.9. The van der Waals surface area contributed by atoms with Crippen molar-refractivity contribution in [2.24, 2.45) is 0 Å². The number of nitrogens with one attached hydrogen (secondary N) is 1. The zero-order chi connectivity index (χ0) is 30.0. The van der Waals surface area contributed by atoms with Crippen LogP contribution in [0, 0.1) is 29.1 Å². The summed E-state index contributed by atoms with van der Waals surface area (Å²) >= 11 is 0. The minimum atomic E-state index is -1.25. The summed E-state index contributed by atoms with van der Waals surface area (Å²) in [5.41, 5.74) is -0.266. The van der Waals surface area contributed by atoms with Crippen LogP contribution in [0.2, 0.25) is 0 Å². The van der Waals surface area contributed by atoms with E-state index in [1.807, 2.05) is 0 Å². The third-order valence-corrected chi connectivity index (χ3v) is 6.76. The normalized spacial score (nSPS) is 15.5. The van der Waals surface area contributed by atoms with Gasteiger partial charge in [0.15, 0.2) is 0 Å². The lowest BCUT2D eigenvalue weighted by Gasteiger charge is -2.39. The van der Waals surface area contributed by atoms with E-state index in [-0.39, 0.29) is 17.0 Å². The van der Waals surface area contributed by atoms with Crippen LogP contribution in [0.15, 0.2) is 42.5 Å². The molecule has 0 bridgehead atoms. The predicted molar refractivity (Wildman–Crippen MR) is 137 cm³/mol. The molecule has 8 nitrogen and oxygen atoms in total. The Labute approximate surface area is 231 Å². The number of carbonyl (C=O) groups excluding carboxylic acids is 2. The predicted octanol–water partition coefficient (Wildman–Crippen LogP) is 4.18. The number of aliphatic hydroxyl groups is 2. The van der Waals surface area contributed by atoms with Crippen LogP contribution in [0.1, 0.15) is 40.0 Å². The SMILES string of the molecule is C[C@H]1c2ccc(C(=O)NCc3c(F)cc(F)cc3F)cc2N(Cc2c(F)cc(OC[C@H](O)CO)cc2F)C(=O)N1C. The highest BCUT2D eigenvalue weighted by atomic mass is 19.2.